The Kier molecular flexibility index (Phi) is 5.38. The summed E-state index contributed by atoms with van der Waals surface area (Å²) in [5.74, 6) is 1.00. The number of aromatic nitrogens is 1. The molecule has 1 aliphatic heterocycles. The molecule has 28 heavy (non-hydrogen) atoms. The fourth-order valence-corrected chi connectivity index (χ4v) is 4.27. The summed E-state index contributed by atoms with van der Waals surface area (Å²) >= 11 is 0. The molecule has 3 aromatic rings. The number of unbranched alkanes of at least 4 members (excludes halogenated alkanes) is 2. The molecule has 1 aliphatic rings. The molecule has 0 fully saturated rings. The maximum atomic E-state index is 13.0. The zero-order valence-electron chi connectivity index (χ0n) is 16.8. The van der Waals surface area contributed by atoms with Gasteiger partial charge in [0.2, 0.25) is 0 Å². The third kappa shape index (κ3) is 3.39. The Balaban J connectivity index is 1.70. The summed E-state index contributed by atoms with van der Waals surface area (Å²) in [6.45, 7) is 4.70. The zero-order chi connectivity index (χ0) is 19.5. The van der Waals surface area contributed by atoms with Crippen molar-refractivity contribution in [3.8, 4) is 5.75 Å². The summed E-state index contributed by atoms with van der Waals surface area (Å²) < 4.78 is 7.94. The number of hydrogen-bond acceptors (Lipinski definition) is 2. The SMILES string of the molecule is CCCCCn1c2c(c3ccc(OC)cc31)CN(C(=O)c1ccccc1)CC2. The second kappa shape index (κ2) is 8.09. The number of nitrogens with zero attached hydrogens (tertiary/aromatic N) is 2. The number of carbonyl (C=O) groups excluding carboxylic acids is 1. The number of hydrogen-bond donors (Lipinski definition) is 0. The lowest BCUT2D eigenvalue weighted by Gasteiger charge is -2.28. The van der Waals surface area contributed by atoms with E-state index in [1.807, 2.05) is 41.3 Å². The molecule has 2 heterocycles. The second-order valence-electron chi connectivity index (χ2n) is 7.51. The van der Waals surface area contributed by atoms with Crippen LogP contribution in [0.5, 0.6) is 5.75 Å². The van der Waals surface area contributed by atoms with Crippen LogP contribution < -0.4 is 4.74 Å². The highest BCUT2D eigenvalue weighted by atomic mass is 16.5. The van der Waals surface area contributed by atoms with Crippen molar-refractivity contribution in [3.63, 3.8) is 0 Å². The predicted octanol–water partition coefficient (Wildman–Crippen LogP) is 5.04. The van der Waals surface area contributed by atoms with Gasteiger partial charge in [0.15, 0.2) is 0 Å². The van der Waals surface area contributed by atoms with Gasteiger partial charge in [-0.05, 0) is 30.7 Å². The van der Waals surface area contributed by atoms with Crippen molar-refractivity contribution in [2.75, 3.05) is 13.7 Å². The number of benzene rings is 2. The molecule has 1 amide bonds. The Bertz CT molecular complexity index is 975. The molecule has 0 radical (unpaired) electrons. The van der Waals surface area contributed by atoms with Gasteiger partial charge in [0.25, 0.3) is 5.91 Å². The molecule has 0 N–H and O–H groups in total. The number of ether oxygens (including phenoxy) is 1. The first-order valence-corrected chi connectivity index (χ1v) is 10.2. The molecule has 146 valence electrons. The van der Waals surface area contributed by atoms with Gasteiger partial charge in [-0.25, -0.2) is 0 Å². The van der Waals surface area contributed by atoms with Crippen LogP contribution in [-0.4, -0.2) is 29.0 Å². The van der Waals surface area contributed by atoms with Crippen LogP contribution in [0.4, 0.5) is 0 Å². The van der Waals surface area contributed by atoms with Gasteiger partial charge in [0.1, 0.15) is 5.75 Å². The Labute approximate surface area is 166 Å². The van der Waals surface area contributed by atoms with E-state index in [4.69, 9.17) is 4.74 Å². The normalized spacial score (nSPS) is 13.6. The van der Waals surface area contributed by atoms with E-state index < -0.39 is 0 Å². The molecule has 0 saturated carbocycles. The molecular weight excluding hydrogens is 348 g/mol. The maximum absolute atomic E-state index is 13.0. The van der Waals surface area contributed by atoms with Crippen molar-refractivity contribution in [2.45, 2.75) is 45.7 Å². The first-order valence-electron chi connectivity index (χ1n) is 10.2. The molecular formula is C24H28N2O2. The van der Waals surface area contributed by atoms with Crippen LogP contribution in [0.2, 0.25) is 0 Å². The summed E-state index contributed by atoms with van der Waals surface area (Å²) in [5.41, 5.74) is 4.68. The zero-order valence-corrected chi connectivity index (χ0v) is 16.8. The molecule has 1 aromatic heterocycles. The molecule has 2 aromatic carbocycles. The first kappa shape index (κ1) is 18.6. The van der Waals surface area contributed by atoms with Gasteiger partial charge in [-0.3, -0.25) is 4.79 Å². The summed E-state index contributed by atoms with van der Waals surface area (Å²) in [4.78, 5) is 14.9. The molecule has 0 aliphatic carbocycles. The highest BCUT2D eigenvalue weighted by Crippen LogP contribution is 2.34. The van der Waals surface area contributed by atoms with Crippen molar-refractivity contribution in [2.24, 2.45) is 0 Å². The van der Waals surface area contributed by atoms with E-state index in [0.717, 1.165) is 30.8 Å². The minimum Gasteiger partial charge on any atom is -0.497 e. The highest BCUT2D eigenvalue weighted by molar-refractivity contribution is 5.95. The van der Waals surface area contributed by atoms with Gasteiger partial charge >= 0.3 is 0 Å². The average molecular weight is 377 g/mol. The van der Waals surface area contributed by atoms with E-state index in [-0.39, 0.29) is 5.91 Å². The van der Waals surface area contributed by atoms with E-state index in [1.165, 1.54) is 41.4 Å². The summed E-state index contributed by atoms with van der Waals surface area (Å²) in [5, 5.41) is 1.25. The van der Waals surface area contributed by atoms with Crippen LogP contribution >= 0.6 is 0 Å². The number of carbonyl (C=O) groups is 1. The standard InChI is InChI=1S/C24H28N2O2/c1-3-4-8-14-26-22-13-15-25(24(27)18-9-6-5-7-10-18)17-21(22)20-12-11-19(28-2)16-23(20)26/h5-7,9-12,16H,3-4,8,13-15,17H2,1-2H3. The van der Waals surface area contributed by atoms with Gasteiger partial charge in [-0.15, -0.1) is 0 Å². The number of fused-ring (bicyclic) bond motifs is 3. The maximum Gasteiger partial charge on any atom is 0.254 e. The molecule has 0 unspecified atom stereocenters. The van der Waals surface area contributed by atoms with E-state index in [1.54, 1.807) is 7.11 Å². The lowest BCUT2D eigenvalue weighted by atomic mass is 10.0. The van der Waals surface area contributed by atoms with E-state index in [0.29, 0.717) is 6.54 Å². The van der Waals surface area contributed by atoms with Crippen LogP contribution in [0, 0.1) is 0 Å². The average Bonchev–Trinajstić information content (AvgIpc) is 3.06. The topological polar surface area (TPSA) is 34.5 Å². The van der Waals surface area contributed by atoms with Gasteiger partial charge in [-0.2, -0.15) is 0 Å². The summed E-state index contributed by atoms with van der Waals surface area (Å²) in [6, 6.07) is 15.9. The smallest absolute Gasteiger partial charge is 0.254 e. The quantitative estimate of drug-likeness (QED) is 0.565. The molecule has 0 bridgehead atoms. The summed E-state index contributed by atoms with van der Waals surface area (Å²) in [7, 11) is 1.71. The van der Waals surface area contributed by atoms with Gasteiger partial charge in [0, 0.05) is 54.3 Å². The summed E-state index contributed by atoms with van der Waals surface area (Å²) in [6.07, 6.45) is 4.52. The Morgan fingerprint density at radius 2 is 1.93 bits per heavy atom. The van der Waals surface area contributed by atoms with Crippen molar-refractivity contribution < 1.29 is 9.53 Å². The Hall–Kier alpha value is -2.75. The van der Waals surface area contributed by atoms with Gasteiger partial charge < -0.3 is 14.2 Å². The van der Waals surface area contributed by atoms with Crippen molar-refractivity contribution in [3.05, 3.63) is 65.4 Å². The third-order valence-electron chi connectivity index (χ3n) is 5.76. The minimum atomic E-state index is 0.117. The van der Waals surface area contributed by atoms with Gasteiger partial charge in [-0.1, -0.05) is 38.0 Å². The number of aryl methyl sites for hydroxylation is 1. The molecule has 4 heteroatoms. The van der Waals surface area contributed by atoms with Gasteiger partial charge in [0.05, 0.1) is 12.6 Å². The second-order valence-corrected chi connectivity index (χ2v) is 7.51. The molecule has 0 atom stereocenters. The fourth-order valence-electron chi connectivity index (χ4n) is 4.27. The minimum absolute atomic E-state index is 0.117. The van der Waals surface area contributed by atoms with E-state index in [9.17, 15) is 4.79 Å². The molecule has 4 nitrogen and oxygen atoms in total. The molecule has 0 spiro atoms. The van der Waals surface area contributed by atoms with Crippen molar-refractivity contribution in [1.82, 2.24) is 9.47 Å². The van der Waals surface area contributed by atoms with Crippen LogP contribution in [0.1, 0.15) is 47.8 Å². The Morgan fingerprint density at radius 3 is 2.68 bits per heavy atom. The van der Waals surface area contributed by atoms with Crippen LogP contribution in [0.3, 0.4) is 0 Å². The highest BCUT2D eigenvalue weighted by Gasteiger charge is 2.27. The fraction of sp³-hybridized carbons (Fsp3) is 0.375. The first-order chi connectivity index (χ1) is 13.7. The van der Waals surface area contributed by atoms with Crippen molar-refractivity contribution in [1.29, 1.82) is 0 Å². The largest absolute Gasteiger partial charge is 0.497 e. The van der Waals surface area contributed by atoms with Crippen LogP contribution in [0.15, 0.2) is 48.5 Å². The van der Waals surface area contributed by atoms with Crippen LogP contribution in [0.25, 0.3) is 10.9 Å². The monoisotopic (exact) mass is 376 g/mol. The number of methoxy groups -OCH3 is 1. The number of amides is 1. The van der Waals surface area contributed by atoms with Crippen molar-refractivity contribution >= 4 is 16.8 Å². The predicted molar refractivity (Wildman–Crippen MR) is 113 cm³/mol. The number of rotatable bonds is 6. The van der Waals surface area contributed by atoms with E-state index >= 15 is 0 Å². The van der Waals surface area contributed by atoms with Crippen LogP contribution in [-0.2, 0) is 19.5 Å². The lowest BCUT2D eigenvalue weighted by Crippen LogP contribution is -2.36. The Morgan fingerprint density at radius 1 is 1.11 bits per heavy atom. The lowest BCUT2D eigenvalue weighted by molar-refractivity contribution is 0.0734. The third-order valence-corrected chi connectivity index (χ3v) is 5.76. The molecule has 4 rings (SSSR count). The van der Waals surface area contributed by atoms with E-state index in [2.05, 4.69) is 23.6 Å². The molecule has 0 saturated heterocycles.